The van der Waals surface area contributed by atoms with Gasteiger partial charge >= 0.3 is 0 Å². The molecular weight excluding hydrogens is 262 g/mol. The normalized spacial score (nSPS) is 14.1. The van der Waals surface area contributed by atoms with Gasteiger partial charge in [0.25, 0.3) is 0 Å². The van der Waals surface area contributed by atoms with Gasteiger partial charge < -0.3 is 4.90 Å². The van der Waals surface area contributed by atoms with E-state index >= 15 is 0 Å². The zero-order valence-corrected chi connectivity index (χ0v) is 12.7. The highest BCUT2D eigenvalue weighted by Crippen LogP contribution is 2.22. The summed E-state index contributed by atoms with van der Waals surface area (Å²) in [6.07, 6.45) is 2.32. The molecule has 0 fully saturated rings. The average Bonchev–Trinajstić information content (AvgIpc) is 2.80. The molecule has 0 spiro atoms. The van der Waals surface area contributed by atoms with Gasteiger partial charge in [-0.05, 0) is 30.9 Å². The van der Waals surface area contributed by atoms with E-state index in [1.54, 1.807) is 0 Å². The van der Waals surface area contributed by atoms with Crippen LogP contribution in [-0.2, 0) is 31.2 Å². The summed E-state index contributed by atoms with van der Waals surface area (Å²) in [5, 5.41) is 4.46. The standard InChI is InChI=1S/C17H21N3O/c1-13-15-10-11-20(12-16(15)19(2)18-13)17(21)9-8-14-6-4-3-5-7-14/h3-7H,8-12H2,1-2H3. The number of fused-ring (bicyclic) bond motifs is 1. The molecule has 1 amide bonds. The minimum atomic E-state index is 0.239. The highest BCUT2D eigenvalue weighted by Gasteiger charge is 2.24. The van der Waals surface area contributed by atoms with E-state index in [0.29, 0.717) is 13.0 Å². The number of aryl methyl sites for hydroxylation is 3. The number of hydrogen-bond donors (Lipinski definition) is 0. The second-order valence-corrected chi connectivity index (χ2v) is 5.69. The van der Waals surface area contributed by atoms with Crippen LogP contribution < -0.4 is 0 Å². The minimum absolute atomic E-state index is 0.239. The second kappa shape index (κ2) is 5.72. The summed E-state index contributed by atoms with van der Waals surface area (Å²) in [5.74, 6) is 0.239. The first-order chi connectivity index (χ1) is 10.1. The summed E-state index contributed by atoms with van der Waals surface area (Å²) in [6, 6.07) is 10.2. The summed E-state index contributed by atoms with van der Waals surface area (Å²) in [4.78, 5) is 14.4. The van der Waals surface area contributed by atoms with Crippen LogP contribution in [0, 0.1) is 6.92 Å². The van der Waals surface area contributed by atoms with Crippen LogP contribution in [0.15, 0.2) is 30.3 Å². The lowest BCUT2D eigenvalue weighted by Crippen LogP contribution is -2.36. The molecule has 1 aliphatic rings. The molecule has 21 heavy (non-hydrogen) atoms. The molecule has 4 nitrogen and oxygen atoms in total. The first kappa shape index (κ1) is 13.9. The third-order valence-electron chi connectivity index (χ3n) is 4.27. The van der Waals surface area contributed by atoms with Crippen LogP contribution in [-0.4, -0.2) is 27.1 Å². The highest BCUT2D eigenvalue weighted by molar-refractivity contribution is 5.76. The van der Waals surface area contributed by atoms with Crippen molar-refractivity contribution < 1.29 is 4.79 Å². The first-order valence-electron chi connectivity index (χ1n) is 7.48. The van der Waals surface area contributed by atoms with E-state index in [0.717, 1.165) is 25.1 Å². The van der Waals surface area contributed by atoms with Crippen molar-refractivity contribution in [3.63, 3.8) is 0 Å². The van der Waals surface area contributed by atoms with Crippen LogP contribution in [0.25, 0.3) is 0 Å². The van der Waals surface area contributed by atoms with Gasteiger partial charge in [-0.1, -0.05) is 30.3 Å². The Hall–Kier alpha value is -2.10. The molecule has 2 heterocycles. The molecule has 0 saturated carbocycles. The quantitative estimate of drug-likeness (QED) is 0.866. The summed E-state index contributed by atoms with van der Waals surface area (Å²) in [7, 11) is 1.96. The Balaban J connectivity index is 1.63. The van der Waals surface area contributed by atoms with Gasteiger partial charge in [0, 0.05) is 20.0 Å². The van der Waals surface area contributed by atoms with E-state index in [1.165, 1.54) is 16.8 Å². The van der Waals surface area contributed by atoms with Gasteiger partial charge in [-0.2, -0.15) is 5.10 Å². The molecule has 0 N–H and O–H groups in total. The maximum Gasteiger partial charge on any atom is 0.223 e. The third-order valence-corrected chi connectivity index (χ3v) is 4.27. The van der Waals surface area contributed by atoms with Crippen LogP contribution in [0.4, 0.5) is 0 Å². The van der Waals surface area contributed by atoms with Crippen molar-refractivity contribution in [3.05, 3.63) is 52.8 Å². The molecule has 1 aromatic heterocycles. The Morgan fingerprint density at radius 1 is 1.29 bits per heavy atom. The maximum atomic E-state index is 12.4. The van der Waals surface area contributed by atoms with Crippen molar-refractivity contribution in [3.8, 4) is 0 Å². The van der Waals surface area contributed by atoms with Gasteiger partial charge in [0.05, 0.1) is 17.9 Å². The van der Waals surface area contributed by atoms with Crippen molar-refractivity contribution in [1.29, 1.82) is 0 Å². The smallest absolute Gasteiger partial charge is 0.223 e. The van der Waals surface area contributed by atoms with Crippen LogP contribution in [0.1, 0.15) is 28.9 Å². The molecular formula is C17H21N3O. The second-order valence-electron chi connectivity index (χ2n) is 5.69. The Kier molecular flexibility index (Phi) is 3.78. The Morgan fingerprint density at radius 2 is 2.05 bits per heavy atom. The fourth-order valence-electron chi connectivity index (χ4n) is 3.05. The predicted octanol–water partition coefficient (Wildman–Crippen LogP) is 2.25. The third kappa shape index (κ3) is 2.84. The zero-order chi connectivity index (χ0) is 14.8. The van der Waals surface area contributed by atoms with Crippen LogP contribution in [0.2, 0.25) is 0 Å². The number of amides is 1. The fourth-order valence-corrected chi connectivity index (χ4v) is 3.05. The van der Waals surface area contributed by atoms with Gasteiger partial charge in [0.2, 0.25) is 5.91 Å². The van der Waals surface area contributed by atoms with Gasteiger partial charge in [-0.25, -0.2) is 0 Å². The molecule has 0 radical (unpaired) electrons. The molecule has 0 bridgehead atoms. The lowest BCUT2D eigenvalue weighted by atomic mass is 10.0. The highest BCUT2D eigenvalue weighted by atomic mass is 16.2. The number of benzene rings is 1. The van der Waals surface area contributed by atoms with Crippen molar-refractivity contribution in [2.45, 2.75) is 32.7 Å². The zero-order valence-electron chi connectivity index (χ0n) is 12.7. The molecule has 0 aliphatic carbocycles. The van der Waals surface area contributed by atoms with Crippen LogP contribution in [0.5, 0.6) is 0 Å². The summed E-state index contributed by atoms with van der Waals surface area (Å²) in [5.41, 5.74) is 4.83. The van der Waals surface area contributed by atoms with E-state index in [1.807, 2.05) is 41.8 Å². The lowest BCUT2D eigenvalue weighted by molar-refractivity contribution is -0.132. The lowest BCUT2D eigenvalue weighted by Gasteiger charge is -2.27. The van der Waals surface area contributed by atoms with Crippen LogP contribution in [0.3, 0.4) is 0 Å². The Morgan fingerprint density at radius 3 is 2.81 bits per heavy atom. The monoisotopic (exact) mass is 283 g/mol. The summed E-state index contributed by atoms with van der Waals surface area (Å²) in [6.45, 7) is 3.55. The van der Waals surface area contributed by atoms with E-state index < -0.39 is 0 Å². The van der Waals surface area contributed by atoms with Crippen molar-refractivity contribution in [1.82, 2.24) is 14.7 Å². The molecule has 3 rings (SSSR count). The minimum Gasteiger partial charge on any atom is -0.336 e. The number of carbonyl (C=O) groups is 1. The van der Waals surface area contributed by atoms with Gasteiger partial charge in [-0.15, -0.1) is 0 Å². The molecule has 0 saturated heterocycles. The largest absolute Gasteiger partial charge is 0.336 e. The molecule has 1 aromatic carbocycles. The van der Waals surface area contributed by atoms with E-state index in [4.69, 9.17) is 0 Å². The SMILES string of the molecule is Cc1nn(C)c2c1CCN(C(=O)CCc1ccccc1)C2. The number of nitrogens with zero attached hydrogens (tertiary/aromatic N) is 3. The summed E-state index contributed by atoms with van der Waals surface area (Å²) < 4.78 is 1.92. The maximum absolute atomic E-state index is 12.4. The topological polar surface area (TPSA) is 38.1 Å². The van der Waals surface area contributed by atoms with Gasteiger partial charge in [-0.3, -0.25) is 9.48 Å². The fraction of sp³-hybridized carbons (Fsp3) is 0.412. The Bertz CT molecular complexity index is 646. The number of carbonyl (C=O) groups excluding carboxylic acids is 1. The first-order valence-corrected chi connectivity index (χ1v) is 7.48. The molecule has 1 aliphatic heterocycles. The van der Waals surface area contributed by atoms with Crippen molar-refractivity contribution in [2.24, 2.45) is 7.05 Å². The number of rotatable bonds is 3. The average molecular weight is 283 g/mol. The molecule has 0 atom stereocenters. The Labute approximate surface area is 125 Å². The van der Waals surface area contributed by atoms with E-state index in [2.05, 4.69) is 17.2 Å². The van der Waals surface area contributed by atoms with E-state index in [9.17, 15) is 4.79 Å². The summed E-state index contributed by atoms with van der Waals surface area (Å²) >= 11 is 0. The van der Waals surface area contributed by atoms with Gasteiger partial charge in [0.15, 0.2) is 0 Å². The molecule has 2 aromatic rings. The number of aromatic nitrogens is 2. The molecule has 4 heteroatoms. The number of hydrogen-bond acceptors (Lipinski definition) is 2. The molecule has 110 valence electrons. The van der Waals surface area contributed by atoms with Crippen molar-refractivity contribution in [2.75, 3.05) is 6.54 Å². The predicted molar refractivity (Wildman–Crippen MR) is 81.8 cm³/mol. The van der Waals surface area contributed by atoms with Crippen LogP contribution >= 0.6 is 0 Å². The van der Waals surface area contributed by atoms with Crippen molar-refractivity contribution >= 4 is 5.91 Å². The molecule has 0 unspecified atom stereocenters. The van der Waals surface area contributed by atoms with E-state index in [-0.39, 0.29) is 5.91 Å². The van der Waals surface area contributed by atoms with Gasteiger partial charge in [0.1, 0.15) is 0 Å².